The minimum atomic E-state index is -0.713. The SMILES string of the molecule is [2H]c1c([2H])c([2H])c(-c2c3c([2H])c([2H])c([2H])c([2H])c3c(-c3cccc(-c4cccc5oc6c7ccccc7ccc6c45)c3)c3c([2H])c([2H])c([2H])c([2H])c23)c([2H])c1[2H]. The second-order valence-electron chi connectivity index (χ2n) is 10.3. The number of furan rings is 1. The zero-order valence-electron chi connectivity index (χ0n) is 35.4. The van der Waals surface area contributed by atoms with Crippen LogP contribution in [0.2, 0.25) is 0 Å². The molecule has 0 spiro atoms. The van der Waals surface area contributed by atoms with Crippen molar-refractivity contribution in [3.05, 3.63) is 157 Å². The standard InChI is InChI=1S/C42H26O/c1-2-13-28(14-3-1)39-33-18-6-8-20-35(33)40(36-21-9-7-19-34(36)39)30-16-10-15-29(26-30)31-22-11-23-38-41(31)37-25-24-27-12-4-5-17-32(27)42(37)43-38/h1-26H/i1D,2D,3D,6D,7D,8D,9D,13D,14D,18D,19D,20D,21D. The Morgan fingerprint density at radius 3 is 1.81 bits per heavy atom. The maximum Gasteiger partial charge on any atom is 0.143 e. The Kier molecular flexibility index (Phi) is 3.18. The van der Waals surface area contributed by atoms with Crippen molar-refractivity contribution in [3.63, 3.8) is 0 Å². The summed E-state index contributed by atoms with van der Waals surface area (Å²) in [6.07, 6.45) is 0. The lowest BCUT2D eigenvalue weighted by Crippen LogP contribution is -1.91. The molecule has 1 heteroatoms. The largest absolute Gasteiger partial charge is 0.455 e. The van der Waals surface area contributed by atoms with Crippen LogP contribution in [0.4, 0.5) is 0 Å². The van der Waals surface area contributed by atoms with Gasteiger partial charge >= 0.3 is 0 Å². The van der Waals surface area contributed by atoms with E-state index in [2.05, 4.69) is 0 Å². The smallest absolute Gasteiger partial charge is 0.143 e. The van der Waals surface area contributed by atoms with E-state index in [4.69, 9.17) is 16.8 Å². The van der Waals surface area contributed by atoms with Crippen LogP contribution in [0.15, 0.2) is 162 Å². The Morgan fingerprint density at radius 1 is 0.442 bits per heavy atom. The molecule has 0 saturated heterocycles. The summed E-state index contributed by atoms with van der Waals surface area (Å²) in [6.45, 7) is 0. The summed E-state index contributed by atoms with van der Waals surface area (Å²) < 4.78 is 121. The lowest BCUT2D eigenvalue weighted by atomic mass is 9.85. The van der Waals surface area contributed by atoms with Crippen molar-refractivity contribution in [1.29, 1.82) is 0 Å². The molecule has 0 amide bonds. The minimum Gasteiger partial charge on any atom is -0.455 e. The van der Waals surface area contributed by atoms with Crippen LogP contribution in [0.5, 0.6) is 0 Å². The van der Waals surface area contributed by atoms with E-state index in [1.165, 1.54) is 0 Å². The van der Waals surface area contributed by atoms with Gasteiger partial charge in [-0.15, -0.1) is 0 Å². The van der Waals surface area contributed by atoms with Crippen molar-refractivity contribution < 1.29 is 22.2 Å². The molecule has 0 unspecified atom stereocenters. The normalized spacial score (nSPS) is 16.0. The molecule has 0 radical (unpaired) electrons. The minimum absolute atomic E-state index is 0.0715. The first-order valence-corrected chi connectivity index (χ1v) is 13.7. The van der Waals surface area contributed by atoms with E-state index < -0.39 is 84.1 Å². The third kappa shape index (κ3) is 3.65. The van der Waals surface area contributed by atoms with E-state index >= 15 is 0 Å². The van der Waals surface area contributed by atoms with Crippen molar-refractivity contribution in [2.45, 2.75) is 0 Å². The van der Waals surface area contributed by atoms with Crippen LogP contribution < -0.4 is 0 Å². The van der Waals surface area contributed by atoms with E-state index in [1.54, 1.807) is 18.2 Å². The fraction of sp³-hybridized carbons (Fsp3) is 0. The lowest BCUT2D eigenvalue weighted by Gasteiger charge is -2.18. The van der Waals surface area contributed by atoms with E-state index in [0.29, 0.717) is 22.3 Å². The molecule has 0 bridgehead atoms. The van der Waals surface area contributed by atoms with Gasteiger partial charge in [0.2, 0.25) is 0 Å². The third-order valence-electron chi connectivity index (χ3n) is 7.97. The van der Waals surface area contributed by atoms with Crippen LogP contribution in [-0.2, 0) is 0 Å². The number of fused-ring (bicyclic) bond motifs is 7. The fourth-order valence-corrected chi connectivity index (χ4v) is 6.18. The van der Waals surface area contributed by atoms with Crippen molar-refractivity contribution >= 4 is 54.3 Å². The van der Waals surface area contributed by atoms with Gasteiger partial charge in [-0.2, -0.15) is 0 Å². The van der Waals surface area contributed by atoms with Crippen molar-refractivity contribution in [2.24, 2.45) is 0 Å². The van der Waals surface area contributed by atoms with Crippen LogP contribution in [0.25, 0.3) is 87.6 Å². The van der Waals surface area contributed by atoms with Gasteiger partial charge in [-0.1, -0.05) is 139 Å². The molecule has 1 heterocycles. The van der Waals surface area contributed by atoms with Crippen LogP contribution in [0.1, 0.15) is 17.8 Å². The Bertz CT molecular complexity index is 3130. The molecule has 1 aromatic heterocycles. The molecule has 0 saturated carbocycles. The van der Waals surface area contributed by atoms with Gasteiger partial charge in [-0.05, 0) is 78.5 Å². The van der Waals surface area contributed by atoms with Crippen LogP contribution in [-0.4, -0.2) is 0 Å². The molecule has 0 aliphatic rings. The van der Waals surface area contributed by atoms with Crippen LogP contribution >= 0.6 is 0 Å². The van der Waals surface area contributed by atoms with Gasteiger partial charge in [-0.25, -0.2) is 0 Å². The Morgan fingerprint density at radius 2 is 1.07 bits per heavy atom. The first-order valence-electron chi connectivity index (χ1n) is 20.2. The Balaban J connectivity index is 1.47. The van der Waals surface area contributed by atoms with Gasteiger partial charge in [0.15, 0.2) is 0 Å². The number of hydrogen-bond acceptors (Lipinski definition) is 1. The fourth-order valence-electron chi connectivity index (χ4n) is 6.18. The molecule has 8 aromatic carbocycles. The highest BCUT2D eigenvalue weighted by Crippen LogP contribution is 2.45. The van der Waals surface area contributed by atoms with E-state index in [-0.39, 0.29) is 32.7 Å². The van der Waals surface area contributed by atoms with Gasteiger partial charge in [0.1, 0.15) is 11.2 Å². The summed E-state index contributed by atoms with van der Waals surface area (Å²) in [4.78, 5) is 0. The van der Waals surface area contributed by atoms with Gasteiger partial charge < -0.3 is 4.42 Å². The molecular formula is C42H26O. The Labute approximate surface area is 267 Å². The quantitative estimate of drug-likeness (QED) is 0.196. The third-order valence-corrected chi connectivity index (χ3v) is 7.97. The first-order chi connectivity index (χ1) is 26.7. The zero-order valence-corrected chi connectivity index (χ0v) is 22.4. The summed E-state index contributed by atoms with van der Waals surface area (Å²) in [5, 5.41) is 2.91. The zero-order chi connectivity index (χ0) is 39.6. The summed E-state index contributed by atoms with van der Waals surface area (Å²) in [7, 11) is 0. The molecule has 0 aliphatic heterocycles. The number of rotatable bonds is 3. The summed E-state index contributed by atoms with van der Waals surface area (Å²) in [5.74, 6) is 0. The highest BCUT2D eigenvalue weighted by Gasteiger charge is 2.18. The van der Waals surface area contributed by atoms with Crippen LogP contribution in [0.3, 0.4) is 0 Å². The Hall–Kier alpha value is -5.66. The van der Waals surface area contributed by atoms with Crippen molar-refractivity contribution in [1.82, 2.24) is 0 Å². The highest BCUT2D eigenvalue weighted by atomic mass is 16.3. The maximum absolute atomic E-state index is 9.26. The molecular weight excluding hydrogens is 520 g/mol. The molecule has 200 valence electrons. The molecule has 1 nitrogen and oxygen atoms in total. The summed E-state index contributed by atoms with van der Waals surface area (Å²) in [6, 6.07) is 16.4. The van der Waals surface area contributed by atoms with E-state index in [1.807, 2.05) is 60.7 Å². The number of hydrogen-bond donors (Lipinski definition) is 0. The second kappa shape index (κ2) is 9.44. The van der Waals surface area contributed by atoms with Gasteiger partial charge in [0.25, 0.3) is 0 Å². The van der Waals surface area contributed by atoms with Gasteiger partial charge in [-0.3, -0.25) is 0 Å². The molecule has 9 aromatic rings. The molecule has 0 atom stereocenters. The average Bonchev–Trinajstić information content (AvgIpc) is 3.61. The van der Waals surface area contributed by atoms with E-state index in [9.17, 15) is 5.48 Å². The first kappa shape index (κ1) is 14.5. The highest BCUT2D eigenvalue weighted by molar-refractivity contribution is 6.22. The predicted molar refractivity (Wildman–Crippen MR) is 183 cm³/mol. The average molecular weight is 560 g/mol. The molecule has 43 heavy (non-hydrogen) atoms. The van der Waals surface area contributed by atoms with E-state index in [0.717, 1.165) is 27.1 Å². The predicted octanol–water partition coefficient (Wildman–Crippen LogP) is 12.0. The van der Waals surface area contributed by atoms with Crippen molar-refractivity contribution in [3.8, 4) is 33.4 Å². The molecule has 0 N–H and O–H groups in total. The molecule has 9 rings (SSSR count). The van der Waals surface area contributed by atoms with Crippen LogP contribution in [0, 0.1) is 0 Å². The molecule has 0 aliphatic carbocycles. The number of benzene rings is 8. The molecule has 0 fully saturated rings. The second-order valence-corrected chi connectivity index (χ2v) is 10.3. The summed E-state index contributed by atoms with van der Waals surface area (Å²) in [5.41, 5.74) is 2.49. The van der Waals surface area contributed by atoms with Gasteiger partial charge in [0.05, 0.1) is 17.8 Å². The van der Waals surface area contributed by atoms with Gasteiger partial charge in [0, 0.05) is 16.2 Å². The topological polar surface area (TPSA) is 13.1 Å². The lowest BCUT2D eigenvalue weighted by molar-refractivity contribution is 0.673. The van der Waals surface area contributed by atoms with Crippen molar-refractivity contribution in [2.75, 3.05) is 0 Å². The summed E-state index contributed by atoms with van der Waals surface area (Å²) >= 11 is 0. The maximum atomic E-state index is 9.26. The monoisotopic (exact) mass is 559 g/mol.